The van der Waals surface area contributed by atoms with Crippen LogP contribution < -0.4 is 5.32 Å². The lowest BCUT2D eigenvalue weighted by Crippen LogP contribution is -2.36. The average Bonchev–Trinajstić information content (AvgIpc) is 3.08. The molecule has 3 atom stereocenters. The normalized spacial score (nSPS) is 32.3. The summed E-state index contributed by atoms with van der Waals surface area (Å²) in [6, 6.07) is 6.82. The van der Waals surface area contributed by atoms with Crippen LogP contribution in [0, 0.1) is 23.1 Å². The molecule has 1 saturated carbocycles. The highest BCUT2D eigenvalue weighted by Crippen LogP contribution is 2.60. The summed E-state index contributed by atoms with van der Waals surface area (Å²) in [6.45, 7) is 5.07. The van der Waals surface area contributed by atoms with Gasteiger partial charge in [0.1, 0.15) is 5.82 Å². The van der Waals surface area contributed by atoms with E-state index in [1.54, 1.807) is 12.1 Å². The van der Waals surface area contributed by atoms with Gasteiger partial charge in [-0.05, 0) is 67.8 Å². The molecule has 3 nitrogen and oxygen atoms in total. The first kappa shape index (κ1) is 15.1. The van der Waals surface area contributed by atoms with Crippen LogP contribution in [0.15, 0.2) is 24.3 Å². The number of likely N-dealkylation sites (tertiary alicyclic amines) is 1. The maximum atomic E-state index is 13.6. The molecule has 124 valence electrons. The van der Waals surface area contributed by atoms with Crippen molar-refractivity contribution in [1.29, 1.82) is 0 Å². The van der Waals surface area contributed by atoms with E-state index in [0.717, 1.165) is 50.9 Å². The van der Waals surface area contributed by atoms with Gasteiger partial charge in [-0.3, -0.25) is 4.79 Å². The van der Waals surface area contributed by atoms with Crippen LogP contribution in [-0.2, 0) is 4.79 Å². The molecule has 0 bridgehead atoms. The zero-order valence-corrected chi connectivity index (χ0v) is 13.7. The molecule has 2 heterocycles. The molecule has 0 aromatic heterocycles. The van der Waals surface area contributed by atoms with E-state index in [4.69, 9.17) is 0 Å². The molecule has 1 aromatic carbocycles. The number of hydrogen-bond acceptors (Lipinski definition) is 2. The fraction of sp³-hybridized carbons (Fsp3) is 0.632. The summed E-state index contributed by atoms with van der Waals surface area (Å²) in [7, 11) is 0. The van der Waals surface area contributed by atoms with Crippen molar-refractivity contribution in [2.24, 2.45) is 17.3 Å². The molecule has 0 radical (unpaired) electrons. The lowest BCUT2D eigenvalue weighted by molar-refractivity contribution is -0.134. The maximum Gasteiger partial charge on any atom is 0.226 e. The molecule has 1 aliphatic carbocycles. The van der Waals surface area contributed by atoms with E-state index in [-0.39, 0.29) is 23.2 Å². The zero-order chi connectivity index (χ0) is 16.0. The van der Waals surface area contributed by atoms with Crippen molar-refractivity contribution in [3.05, 3.63) is 35.6 Å². The van der Waals surface area contributed by atoms with E-state index < -0.39 is 0 Å². The third-order valence-corrected chi connectivity index (χ3v) is 6.11. The number of rotatable bonds is 2. The van der Waals surface area contributed by atoms with Crippen molar-refractivity contribution in [2.45, 2.75) is 38.6 Å². The Hall–Kier alpha value is -1.42. The Bertz CT molecular complexity index is 611. The predicted octanol–water partition coefficient (Wildman–Crippen LogP) is 3.12. The van der Waals surface area contributed by atoms with E-state index in [2.05, 4.69) is 12.2 Å². The number of nitrogens with zero attached hydrogens (tertiary/aromatic N) is 1. The summed E-state index contributed by atoms with van der Waals surface area (Å²) < 4.78 is 13.6. The van der Waals surface area contributed by atoms with Gasteiger partial charge >= 0.3 is 0 Å². The van der Waals surface area contributed by atoms with Crippen LogP contribution in [0.25, 0.3) is 0 Å². The highest BCUT2D eigenvalue weighted by atomic mass is 19.1. The molecule has 23 heavy (non-hydrogen) atoms. The minimum Gasteiger partial charge on any atom is -0.335 e. The largest absolute Gasteiger partial charge is 0.335 e. The summed E-state index contributed by atoms with van der Waals surface area (Å²) in [4.78, 5) is 15.1. The number of carbonyl (C=O) groups excluding carboxylic acids is 1. The van der Waals surface area contributed by atoms with Gasteiger partial charge in [0.05, 0.1) is 6.04 Å². The zero-order valence-electron chi connectivity index (χ0n) is 13.7. The van der Waals surface area contributed by atoms with Crippen molar-refractivity contribution < 1.29 is 9.18 Å². The smallest absolute Gasteiger partial charge is 0.226 e. The quantitative estimate of drug-likeness (QED) is 0.909. The number of carbonyl (C=O) groups is 1. The summed E-state index contributed by atoms with van der Waals surface area (Å²) in [5.74, 6) is 0.780. The molecule has 3 unspecified atom stereocenters. The van der Waals surface area contributed by atoms with E-state index in [1.165, 1.54) is 6.07 Å². The van der Waals surface area contributed by atoms with Gasteiger partial charge in [-0.25, -0.2) is 4.39 Å². The molecule has 4 rings (SSSR count). The molecule has 2 aliphatic heterocycles. The van der Waals surface area contributed by atoms with E-state index >= 15 is 0 Å². The first-order valence-corrected chi connectivity index (χ1v) is 8.86. The summed E-state index contributed by atoms with van der Waals surface area (Å²) in [6.07, 6.45) is 4.24. The Morgan fingerprint density at radius 1 is 1.35 bits per heavy atom. The standard InChI is InChI=1S/C19H25FN2O/c1-13-9-17(14-3-2-4-15(20)10-14)22(12-13)18(23)16-11-19(16)5-7-21-8-6-19/h2-4,10,13,16-17,21H,5-9,11-12H2,1H3. The maximum absolute atomic E-state index is 13.6. The van der Waals surface area contributed by atoms with E-state index in [9.17, 15) is 9.18 Å². The predicted molar refractivity (Wildman–Crippen MR) is 87.3 cm³/mol. The molecular weight excluding hydrogens is 291 g/mol. The van der Waals surface area contributed by atoms with Crippen molar-refractivity contribution >= 4 is 5.91 Å². The van der Waals surface area contributed by atoms with Crippen LogP contribution in [-0.4, -0.2) is 30.4 Å². The fourth-order valence-corrected chi connectivity index (χ4v) is 4.69. The van der Waals surface area contributed by atoms with Crippen LogP contribution in [0.3, 0.4) is 0 Å². The van der Waals surface area contributed by atoms with Crippen molar-refractivity contribution in [2.75, 3.05) is 19.6 Å². The van der Waals surface area contributed by atoms with Gasteiger partial charge < -0.3 is 10.2 Å². The number of benzene rings is 1. The number of nitrogens with one attached hydrogen (secondary N) is 1. The molecule has 1 spiro atoms. The van der Waals surface area contributed by atoms with Gasteiger partial charge in [0.2, 0.25) is 5.91 Å². The fourth-order valence-electron chi connectivity index (χ4n) is 4.69. The molecule has 4 heteroatoms. The number of halogens is 1. The van der Waals surface area contributed by atoms with E-state index in [0.29, 0.717) is 11.8 Å². The summed E-state index contributed by atoms with van der Waals surface area (Å²) in [5, 5.41) is 3.39. The second kappa shape index (κ2) is 5.59. The number of hydrogen-bond donors (Lipinski definition) is 1. The van der Waals surface area contributed by atoms with Gasteiger partial charge in [-0.1, -0.05) is 19.1 Å². The van der Waals surface area contributed by atoms with E-state index in [1.807, 2.05) is 11.0 Å². The molecule has 3 aliphatic rings. The Kier molecular flexibility index (Phi) is 3.67. The Morgan fingerprint density at radius 3 is 2.87 bits per heavy atom. The first-order chi connectivity index (χ1) is 11.1. The van der Waals surface area contributed by atoms with Gasteiger partial charge in [0, 0.05) is 12.5 Å². The SMILES string of the molecule is CC1CC(c2cccc(F)c2)N(C(=O)C2CC23CCNCC3)C1. The minimum absolute atomic E-state index is 0.0487. The molecule has 1 aromatic rings. The second-order valence-electron chi connectivity index (χ2n) is 7.77. The lowest BCUT2D eigenvalue weighted by atomic mass is 9.91. The summed E-state index contributed by atoms with van der Waals surface area (Å²) in [5.41, 5.74) is 1.21. The number of amides is 1. The van der Waals surface area contributed by atoms with Crippen molar-refractivity contribution in [3.63, 3.8) is 0 Å². The Morgan fingerprint density at radius 2 is 2.13 bits per heavy atom. The Labute approximate surface area is 137 Å². The van der Waals surface area contributed by atoms with Crippen LogP contribution in [0.2, 0.25) is 0 Å². The topological polar surface area (TPSA) is 32.3 Å². The van der Waals surface area contributed by atoms with Crippen molar-refractivity contribution in [3.8, 4) is 0 Å². The highest BCUT2D eigenvalue weighted by molar-refractivity contribution is 5.83. The van der Waals surface area contributed by atoms with Crippen LogP contribution in [0.4, 0.5) is 4.39 Å². The van der Waals surface area contributed by atoms with Gasteiger partial charge in [0.15, 0.2) is 0 Å². The average molecular weight is 316 g/mol. The van der Waals surface area contributed by atoms with Gasteiger partial charge in [0.25, 0.3) is 0 Å². The lowest BCUT2D eigenvalue weighted by Gasteiger charge is -2.28. The van der Waals surface area contributed by atoms with Crippen LogP contribution in [0.5, 0.6) is 0 Å². The second-order valence-corrected chi connectivity index (χ2v) is 7.77. The number of piperidine rings is 1. The van der Waals surface area contributed by atoms with Crippen LogP contribution >= 0.6 is 0 Å². The van der Waals surface area contributed by atoms with Gasteiger partial charge in [-0.2, -0.15) is 0 Å². The molecule has 1 amide bonds. The Balaban J connectivity index is 1.53. The minimum atomic E-state index is -0.212. The summed E-state index contributed by atoms with van der Waals surface area (Å²) >= 11 is 0. The third-order valence-electron chi connectivity index (χ3n) is 6.11. The highest BCUT2D eigenvalue weighted by Gasteiger charge is 2.59. The molecule has 2 saturated heterocycles. The van der Waals surface area contributed by atoms with Gasteiger partial charge in [-0.15, -0.1) is 0 Å². The third kappa shape index (κ3) is 2.67. The molecular formula is C19H25FN2O. The van der Waals surface area contributed by atoms with Crippen LogP contribution in [0.1, 0.15) is 44.2 Å². The molecule has 3 fully saturated rings. The monoisotopic (exact) mass is 316 g/mol. The first-order valence-electron chi connectivity index (χ1n) is 8.86. The molecule has 1 N–H and O–H groups in total. The van der Waals surface area contributed by atoms with Crippen molar-refractivity contribution in [1.82, 2.24) is 10.2 Å².